The molecule has 35 heavy (non-hydrogen) atoms. The Hall–Kier alpha value is -3.52. The van der Waals surface area contributed by atoms with E-state index >= 15 is 0 Å². The van der Waals surface area contributed by atoms with E-state index in [-0.39, 0.29) is 0 Å². The summed E-state index contributed by atoms with van der Waals surface area (Å²) in [5.74, 6) is 0.485. The molecular weight excluding hydrogens is 458 g/mol. The van der Waals surface area contributed by atoms with E-state index in [9.17, 15) is 9.00 Å². The second-order valence-electron chi connectivity index (χ2n) is 9.46. The first kappa shape index (κ1) is 22.0. The van der Waals surface area contributed by atoms with Crippen molar-refractivity contribution in [3.8, 4) is 11.1 Å². The fraction of sp³-hybridized carbons (Fsp3) is 0.296. The topological polar surface area (TPSA) is 88.4 Å². The number of aryl methyl sites for hydroxylation is 2. The van der Waals surface area contributed by atoms with E-state index in [4.69, 9.17) is 0 Å². The molecule has 0 spiro atoms. The lowest BCUT2D eigenvalue weighted by atomic mass is 9.81. The van der Waals surface area contributed by atoms with Crippen molar-refractivity contribution in [3.63, 3.8) is 0 Å². The van der Waals surface area contributed by atoms with Crippen LogP contribution in [0.5, 0.6) is 0 Å². The molecule has 2 N–H and O–H groups in total. The van der Waals surface area contributed by atoms with E-state index in [0.717, 1.165) is 71.1 Å². The zero-order chi connectivity index (χ0) is 23.9. The van der Waals surface area contributed by atoms with Crippen molar-refractivity contribution >= 4 is 28.2 Å². The van der Waals surface area contributed by atoms with Crippen LogP contribution in [0.2, 0.25) is 0 Å². The zero-order valence-electron chi connectivity index (χ0n) is 19.6. The lowest BCUT2D eigenvalue weighted by Gasteiger charge is -2.25. The minimum atomic E-state index is -1.70. The molecule has 2 amide bonds. The van der Waals surface area contributed by atoms with Crippen molar-refractivity contribution < 1.29 is 9.00 Å². The Bertz CT molecular complexity index is 1470. The Morgan fingerprint density at radius 1 is 1.11 bits per heavy atom. The Morgan fingerprint density at radius 3 is 2.83 bits per heavy atom. The van der Waals surface area contributed by atoms with Crippen LogP contribution < -0.4 is 10.0 Å². The van der Waals surface area contributed by atoms with Crippen LogP contribution in [-0.4, -0.2) is 24.8 Å². The lowest BCUT2D eigenvalue weighted by molar-refractivity contribution is 0.257. The van der Waals surface area contributed by atoms with Crippen LogP contribution in [0.15, 0.2) is 60.0 Å². The highest BCUT2D eigenvalue weighted by Crippen LogP contribution is 2.40. The summed E-state index contributed by atoms with van der Waals surface area (Å²) in [4.78, 5) is 17.9. The van der Waals surface area contributed by atoms with Crippen LogP contribution in [0.25, 0.3) is 16.6 Å². The first-order chi connectivity index (χ1) is 17.1. The summed E-state index contributed by atoms with van der Waals surface area (Å²) in [6.07, 6.45) is 13.6. The number of hydrogen-bond acceptors (Lipinski definition) is 4. The van der Waals surface area contributed by atoms with Gasteiger partial charge in [0.2, 0.25) is 0 Å². The fourth-order valence-electron chi connectivity index (χ4n) is 5.26. The molecule has 1 saturated carbocycles. The van der Waals surface area contributed by atoms with Crippen LogP contribution in [0.4, 0.5) is 10.5 Å². The number of hydrogen-bond donors (Lipinski definition) is 2. The van der Waals surface area contributed by atoms with E-state index < -0.39 is 17.0 Å². The van der Waals surface area contributed by atoms with Gasteiger partial charge in [-0.15, -0.1) is 0 Å². The molecule has 0 saturated heterocycles. The maximum absolute atomic E-state index is 13.1. The minimum absolute atomic E-state index is 0.483. The fourth-order valence-corrected chi connectivity index (χ4v) is 6.00. The molecule has 7 nitrogen and oxygen atoms in total. The monoisotopic (exact) mass is 485 g/mol. The molecule has 0 radical (unpaired) electrons. The Balaban J connectivity index is 1.30. The number of fused-ring (bicyclic) bond motifs is 2. The van der Waals surface area contributed by atoms with Gasteiger partial charge in [0, 0.05) is 30.4 Å². The number of anilines is 1. The first-order valence-electron chi connectivity index (χ1n) is 12.1. The Morgan fingerprint density at radius 2 is 2.00 bits per heavy atom. The molecule has 1 atom stereocenters. The van der Waals surface area contributed by atoms with Gasteiger partial charge in [-0.25, -0.2) is 13.5 Å². The molecule has 1 fully saturated rings. The SMILES string of the molecule is Cc1cc2c(c(NC(=O)NS(=O)c3cncc(C4CCC4)c3)c1-c1ccn3nccc3c1)CCC2. The van der Waals surface area contributed by atoms with Crippen LogP contribution in [0.1, 0.15) is 53.9 Å². The number of carbonyl (C=O) groups excluding carboxylic acids is 1. The van der Waals surface area contributed by atoms with E-state index in [1.165, 1.54) is 12.0 Å². The molecule has 0 bridgehead atoms. The van der Waals surface area contributed by atoms with E-state index in [2.05, 4.69) is 39.2 Å². The van der Waals surface area contributed by atoms with Gasteiger partial charge in [-0.05, 0) is 97.0 Å². The number of aromatic nitrogens is 3. The average Bonchev–Trinajstić information content (AvgIpc) is 3.47. The van der Waals surface area contributed by atoms with Crippen LogP contribution in [0.3, 0.4) is 0 Å². The average molecular weight is 486 g/mol. The summed E-state index contributed by atoms with van der Waals surface area (Å²) < 4.78 is 17.4. The summed E-state index contributed by atoms with van der Waals surface area (Å²) in [5, 5.41) is 7.36. The third-order valence-corrected chi connectivity index (χ3v) is 8.26. The summed E-state index contributed by atoms with van der Waals surface area (Å²) in [7, 11) is -1.70. The summed E-state index contributed by atoms with van der Waals surface area (Å²) >= 11 is 0. The summed E-state index contributed by atoms with van der Waals surface area (Å²) in [6, 6.07) is 9.71. The van der Waals surface area contributed by atoms with E-state index in [1.54, 1.807) is 12.4 Å². The minimum Gasteiger partial charge on any atom is -0.306 e. The second kappa shape index (κ2) is 8.92. The highest BCUT2D eigenvalue weighted by Gasteiger charge is 2.24. The van der Waals surface area contributed by atoms with Crippen molar-refractivity contribution in [1.29, 1.82) is 0 Å². The van der Waals surface area contributed by atoms with Gasteiger partial charge in [0.25, 0.3) is 0 Å². The van der Waals surface area contributed by atoms with Crippen LogP contribution in [0, 0.1) is 6.92 Å². The highest BCUT2D eigenvalue weighted by atomic mass is 32.2. The van der Waals surface area contributed by atoms with E-state index in [1.807, 2.05) is 35.1 Å². The van der Waals surface area contributed by atoms with Gasteiger partial charge in [-0.3, -0.25) is 9.71 Å². The normalized spacial score (nSPS) is 16.0. The van der Waals surface area contributed by atoms with Crippen molar-refractivity contribution in [1.82, 2.24) is 19.3 Å². The molecule has 0 aliphatic heterocycles. The van der Waals surface area contributed by atoms with Gasteiger partial charge in [-0.1, -0.05) is 12.5 Å². The number of amides is 2. The number of nitrogens with zero attached hydrogens (tertiary/aromatic N) is 3. The molecule has 2 aliphatic rings. The number of carbonyl (C=O) groups is 1. The van der Waals surface area contributed by atoms with E-state index in [0.29, 0.717) is 10.8 Å². The molecule has 1 unspecified atom stereocenters. The molecule has 8 heteroatoms. The maximum atomic E-state index is 13.1. The van der Waals surface area contributed by atoms with Gasteiger partial charge in [0.15, 0.2) is 11.0 Å². The molecule has 4 aromatic rings. The molecule has 6 rings (SSSR count). The van der Waals surface area contributed by atoms with Gasteiger partial charge in [0.05, 0.1) is 16.1 Å². The predicted octanol–water partition coefficient (Wildman–Crippen LogP) is 5.31. The number of pyridine rings is 2. The number of nitrogens with one attached hydrogen (secondary N) is 2. The molecule has 178 valence electrons. The quantitative estimate of drug-likeness (QED) is 0.401. The van der Waals surface area contributed by atoms with Gasteiger partial charge in [0.1, 0.15) is 0 Å². The van der Waals surface area contributed by atoms with Crippen molar-refractivity contribution in [2.24, 2.45) is 0 Å². The third kappa shape index (κ3) is 4.12. The number of urea groups is 1. The summed E-state index contributed by atoms with van der Waals surface area (Å²) in [5.41, 5.74) is 8.42. The predicted molar refractivity (Wildman–Crippen MR) is 137 cm³/mol. The molecule has 3 heterocycles. The van der Waals surface area contributed by atoms with Gasteiger partial charge < -0.3 is 5.32 Å². The number of rotatable bonds is 5. The van der Waals surface area contributed by atoms with Gasteiger partial charge >= 0.3 is 6.03 Å². The maximum Gasteiger partial charge on any atom is 0.331 e. The van der Waals surface area contributed by atoms with Crippen LogP contribution >= 0.6 is 0 Å². The summed E-state index contributed by atoms with van der Waals surface area (Å²) in [6.45, 7) is 2.08. The van der Waals surface area contributed by atoms with Crippen molar-refractivity contribution in [3.05, 3.63) is 77.4 Å². The highest BCUT2D eigenvalue weighted by molar-refractivity contribution is 7.83. The standard InChI is InChI=1S/C27H27N5O2S/c1-17-12-19-6-3-7-24(19)26(25(17)20-9-11-32-22(13-20)8-10-29-32)30-27(33)31-35(34)23-14-21(15-28-16-23)18-4-2-5-18/h8-16,18H,2-7H2,1H3,(H2,30,31,33). The third-order valence-electron chi connectivity index (χ3n) is 7.23. The van der Waals surface area contributed by atoms with Crippen molar-refractivity contribution in [2.75, 3.05) is 5.32 Å². The second-order valence-corrected chi connectivity index (χ2v) is 10.7. The van der Waals surface area contributed by atoms with Crippen LogP contribution in [-0.2, 0) is 23.8 Å². The molecule has 1 aromatic carbocycles. The van der Waals surface area contributed by atoms with Crippen molar-refractivity contribution in [2.45, 2.75) is 56.3 Å². The number of benzene rings is 1. The largest absolute Gasteiger partial charge is 0.331 e. The Kier molecular flexibility index (Phi) is 5.60. The zero-order valence-corrected chi connectivity index (χ0v) is 20.4. The lowest BCUT2D eigenvalue weighted by Crippen LogP contribution is -2.31. The molecule has 2 aliphatic carbocycles. The Labute approximate surface area is 206 Å². The molecule has 3 aromatic heterocycles. The molecular formula is C27H27N5O2S. The smallest absolute Gasteiger partial charge is 0.306 e. The first-order valence-corrected chi connectivity index (χ1v) is 13.3. The van der Waals surface area contributed by atoms with Gasteiger partial charge in [-0.2, -0.15) is 5.10 Å².